The highest BCUT2D eigenvalue weighted by atomic mass is 35.5. The average molecular weight is 898 g/mol. The fourth-order valence-electron chi connectivity index (χ4n) is 8.00. The van der Waals surface area contributed by atoms with Gasteiger partial charge in [-0.15, -0.1) is 81.2 Å². The molecule has 0 radical (unpaired) electrons. The highest BCUT2D eigenvalue weighted by Crippen LogP contribution is 2.58. The van der Waals surface area contributed by atoms with Gasteiger partial charge in [-0.1, -0.05) is 103 Å². The second-order valence-corrected chi connectivity index (χ2v) is 18.5. The first-order valence-electron chi connectivity index (χ1n) is 17.8. The van der Waals surface area contributed by atoms with Crippen molar-refractivity contribution in [2.24, 2.45) is 0 Å². The smallest absolute Gasteiger partial charge is 0.158 e. The molecule has 5 heterocycles. The van der Waals surface area contributed by atoms with Gasteiger partial charge in [0.2, 0.25) is 0 Å². The van der Waals surface area contributed by atoms with E-state index >= 15 is 0 Å². The van der Waals surface area contributed by atoms with E-state index in [1.165, 1.54) is 0 Å². The Kier molecular flexibility index (Phi) is 9.79. The van der Waals surface area contributed by atoms with Crippen LogP contribution >= 0.6 is 92.8 Å². The summed E-state index contributed by atoms with van der Waals surface area (Å²) in [5, 5.41) is -3.12. The summed E-state index contributed by atoms with van der Waals surface area (Å²) in [6, 6.07) is 9.84. The number of allylic oxidation sites excluding steroid dienone is 16. The number of hydrogen-bond donors (Lipinski definition) is 1. The number of nitrogens with one attached hydrogen (secondary N) is 1. The molecule has 2 aliphatic heterocycles. The topological polar surface area (TPSA) is 46.5 Å². The molecule has 12 heteroatoms. The van der Waals surface area contributed by atoms with Crippen LogP contribution in [0.3, 0.4) is 0 Å². The Balaban J connectivity index is 1.64. The second-order valence-electron chi connectivity index (χ2n) is 14.2. The van der Waals surface area contributed by atoms with Crippen LogP contribution in [0.1, 0.15) is 39.5 Å². The van der Waals surface area contributed by atoms with Gasteiger partial charge in [0.25, 0.3) is 0 Å². The lowest BCUT2D eigenvalue weighted by Gasteiger charge is -2.38. The molecule has 1 N–H and O–H groups in total. The third kappa shape index (κ3) is 6.10. The van der Waals surface area contributed by atoms with Gasteiger partial charge in [-0.25, -0.2) is 9.97 Å². The van der Waals surface area contributed by atoms with Crippen LogP contribution in [0.15, 0.2) is 128 Å². The van der Waals surface area contributed by atoms with Crippen molar-refractivity contribution in [2.45, 2.75) is 41.1 Å². The number of nitrogens with zero attached hydrogens (tertiary/aromatic N) is 3. The van der Waals surface area contributed by atoms with Crippen molar-refractivity contribution in [1.29, 1.82) is 0 Å². The largest absolute Gasteiger partial charge is 0.355 e. The van der Waals surface area contributed by atoms with Crippen LogP contribution in [-0.4, -0.2) is 41.0 Å². The van der Waals surface area contributed by atoms with Crippen LogP contribution in [0.25, 0.3) is 46.4 Å². The number of H-pyrrole nitrogens is 1. The van der Waals surface area contributed by atoms with E-state index in [1.54, 1.807) is 0 Å². The van der Waals surface area contributed by atoms with Crippen molar-refractivity contribution in [2.75, 3.05) is 0 Å². The highest BCUT2D eigenvalue weighted by Gasteiger charge is 2.53. The molecule has 3 aromatic heterocycles. The molecule has 56 heavy (non-hydrogen) atoms. The van der Waals surface area contributed by atoms with Gasteiger partial charge in [0.15, 0.2) is 5.00 Å². The molecule has 3 aromatic rings. The van der Waals surface area contributed by atoms with Gasteiger partial charge in [-0.2, -0.15) is 0 Å². The Bertz CT molecular complexity index is 2660. The summed E-state index contributed by atoms with van der Waals surface area (Å²) < 4.78 is 1.95. The number of aromatic amines is 1. The summed E-state index contributed by atoms with van der Waals surface area (Å²) in [6.45, 7) is 0. The van der Waals surface area contributed by atoms with Gasteiger partial charge in [0, 0.05) is 27.7 Å². The predicted molar refractivity (Wildman–Crippen MR) is 241 cm³/mol. The minimum absolute atomic E-state index is 0.470. The Morgan fingerprint density at radius 3 is 1.52 bits per heavy atom. The second kappa shape index (κ2) is 14.3. The van der Waals surface area contributed by atoms with Crippen LogP contribution in [0.2, 0.25) is 0 Å². The van der Waals surface area contributed by atoms with Crippen molar-refractivity contribution < 1.29 is 0 Å². The third-order valence-electron chi connectivity index (χ3n) is 10.7. The zero-order chi connectivity index (χ0) is 39.0. The molecule has 0 saturated heterocycles. The van der Waals surface area contributed by atoms with Gasteiger partial charge in [0.05, 0.1) is 55.3 Å². The van der Waals surface area contributed by atoms with Gasteiger partial charge < -0.3 is 9.55 Å². The zero-order valence-electron chi connectivity index (χ0n) is 29.1. The number of rotatable bonds is 4. The van der Waals surface area contributed by atoms with Crippen LogP contribution in [0.5, 0.6) is 0 Å². The standard InChI is InChI=1S/C44H30Cl8N4/c45-33-9-1-5-19-41(33,49)37-31-18-17-29(55-31)24-28-14-13-26(53-28)23-27-15-16-30(54-27)25-32-38(42(50)20-6-2-10-34(42)46)39(43(51)21-7-3-11-35(43)47)40(37)56(32)44(52)22-8-4-12-36(44)48/h1-25,33-36,53H. The Labute approximate surface area is 364 Å². The molecule has 8 unspecified atom stereocenters. The van der Waals surface area contributed by atoms with E-state index in [4.69, 9.17) is 103 Å². The maximum Gasteiger partial charge on any atom is 0.158 e. The van der Waals surface area contributed by atoms with E-state index in [-0.39, 0.29) is 0 Å². The number of hydrogen-bond acceptors (Lipinski definition) is 2. The monoisotopic (exact) mass is 894 g/mol. The lowest BCUT2D eigenvalue weighted by Crippen LogP contribution is -2.38. The molecule has 4 aliphatic carbocycles. The van der Waals surface area contributed by atoms with Crippen LogP contribution in [-0.2, 0) is 19.6 Å². The maximum absolute atomic E-state index is 8.04. The lowest BCUT2D eigenvalue weighted by atomic mass is 9.79. The van der Waals surface area contributed by atoms with Crippen molar-refractivity contribution >= 4 is 139 Å². The summed E-state index contributed by atoms with van der Waals surface area (Å²) in [6.07, 6.45) is 37.3. The van der Waals surface area contributed by atoms with E-state index in [2.05, 4.69) is 4.98 Å². The van der Waals surface area contributed by atoms with Crippen LogP contribution < -0.4 is 0 Å². The molecule has 0 fully saturated rings. The average Bonchev–Trinajstić information content (AvgIpc) is 3.99. The molecular formula is C44H30Cl8N4. The number of alkyl halides is 8. The first-order valence-corrected chi connectivity index (χ1v) is 21.1. The van der Waals surface area contributed by atoms with E-state index in [0.717, 1.165) is 16.7 Å². The maximum atomic E-state index is 8.04. The third-order valence-corrected chi connectivity index (χ3v) is 15.2. The number of aromatic nitrogens is 4. The van der Waals surface area contributed by atoms with E-state index in [0.29, 0.717) is 44.8 Å². The van der Waals surface area contributed by atoms with Gasteiger partial charge >= 0.3 is 0 Å². The van der Waals surface area contributed by atoms with Gasteiger partial charge in [-0.3, -0.25) is 0 Å². The number of fused-ring (bicyclic) bond motifs is 8. The van der Waals surface area contributed by atoms with E-state index in [1.807, 2.05) is 156 Å². The molecule has 0 saturated carbocycles. The first-order chi connectivity index (χ1) is 26.8. The van der Waals surface area contributed by atoms with Crippen molar-refractivity contribution in [3.8, 4) is 0 Å². The van der Waals surface area contributed by atoms with Gasteiger partial charge in [-0.05, 0) is 60.7 Å². The molecule has 0 spiro atoms. The summed E-state index contributed by atoms with van der Waals surface area (Å²) in [5.41, 5.74) is 6.77. The predicted octanol–water partition coefficient (Wildman–Crippen LogP) is 13.3. The minimum Gasteiger partial charge on any atom is -0.355 e. The zero-order valence-corrected chi connectivity index (χ0v) is 35.2. The fourth-order valence-corrected chi connectivity index (χ4v) is 10.4. The van der Waals surface area contributed by atoms with E-state index in [9.17, 15) is 0 Å². The molecular weight excluding hydrogens is 868 g/mol. The van der Waals surface area contributed by atoms with Crippen LogP contribution in [0, 0.1) is 0 Å². The quantitative estimate of drug-likeness (QED) is 0.183. The Hall–Kier alpha value is -3.16. The normalized spacial score (nSPS) is 32.6. The first kappa shape index (κ1) is 38.4. The van der Waals surface area contributed by atoms with Crippen molar-refractivity contribution in [3.05, 3.63) is 167 Å². The Morgan fingerprint density at radius 2 is 0.964 bits per heavy atom. The van der Waals surface area contributed by atoms with Crippen LogP contribution in [0.4, 0.5) is 0 Å². The summed E-state index contributed by atoms with van der Waals surface area (Å²) in [7, 11) is 0. The van der Waals surface area contributed by atoms with Gasteiger partial charge in [0.1, 0.15) is 14.6 Å². The minimum atomic E-state index is -1.50. The lowest BCUT2D eigenvalue weighted by molar-refractivity contribution is 0.568. The molecule has 282 valence electrons. The molecule has 0 amide bonds. The van der Waals surface area contributed by atoms with Crippen molar-refractivity contribution in [3.63, 3.8) is 0 Å². The molecule has 6 aliphatic rings. The van der Waals surface area contributed by atoms with E-state index < -0.39 is 41.1 Å². The SMILES string of the molecule is ClC1C=CC=CC1(Cl)c1c(C2(Cl)C=CC=CC2Cl)c2c(C3(Cl)C=CC=CC3Cl)c3nc(cc4ccc(cc5nc(cc1n2C1(Cl)C=CC=CC1Cl)C=C5)[nH]4)C=C3. The van der Waals surface area contributed by atoms with Crippen molar-refractivity contribution in [1.82, 2.24) is 19.5 Å². The molecule has 8 bridgehead atoms. The Morgan fingerprint density at radius 1 is 0.500 bits per heavy atom. The molecule has 0 aromatic carbocycles. The number of halogens is 8. The molecule has 8 atom stereocenters. The molecule has 4 nitrogen and oxygen atoms in total. The summed E-state index contributed by atoms with van der Waals surface area (Å²) in [4.78, 5) is 7.89. The fraction of sp³-hybridized carbons (Fsp3) is 0.182. The summed E-state index contributed by atoms with van der Waals surface area (Å²) >= 11 is 61.4. The summed E-state index contributed by atoms with van der Waals surface area (Å²) in [5.74, 6) is 0. The highest BCUT2D eigenvalue weighted by molar-refractivity contribution is 6.39. The molecule has 9 rings (SSSR count).